The number of rotatable bonds is 3. The Morgan fingerprint density at radius 2 is 1.47 bits per heavy atom. The van der Waals surface area contributed by atoms with E-state index >= 15 is 0 Å². The summed E-state index contributed by atoms with van der Waals surface area (Å²) in [4.78, 5) is 0. The molecule has 0 heterocycles. The highest BCUT2D eigenvalue weighted by atomic mass is 16.5. The van der Waals surface area contributed by atoms with Crippen LogP contribution < -0.4 is 10.1 Å². The van der Waals surface area contributed by atoms with Gasteiger partial charge in [0, 0.05) is 11.2 Å². The third kappa shape index (κ3) is 2.01. The van der Waals surface area contributed by atoms with E-state index in [0.717, 1.165) is 23.5 Å². The first-order valence-electron chi connectivity index (χ1n) is 7.67. The lowest BCUT2D eigenvalue weighted by atomic mass is 9.53. The lowest BCUT2D eigenvalue weighted by Gasteiger charge is -2.57. The van der Waals surface area contributed by atoms with Gasteiger partial charge in [-0.2, -0.15) is 0 Å². The Morgan fingerprint density at radius 1 is 0.947 bits per heavy atom. The van der Waals surface area contributed by atoms with Crippen LogP contribution in [0.15, 0.2) is 24.3 Å². The monoisotopic (exact) mass is 257 g/mol. The highest BCUT2D eigenvalue weighted by Crippen LogP contribution is 2.56. The van der Waals surface area contributed by atoms with E-state index in [4.69, 9.17) is 4.74 Å². The summed E-state index contributed by atoms with van der Waals surface area (Å²) in [6.07, 6.45) is 8.69. The van der Waals surface area contributed by atoms with E-state index in [-0.39, 0.29) is 0 Å². The molecule has 0 aromatic heterocycles. The van der Waals surface area contributed by atoms with Crippen molar-refractivity contribution < 1.29 is 4.74 Å². The van der Waals surface area contributed by atoms with Crippen molar-refractivity contribution in [1.82, 2.24) is 0 Å². The van der Waals surface area contributed by atoms with Crippen molar-refractivity contribution in [3.05, 3.63) is 24.3 Å². The predicted octanol–water partition coefficient (Wildman–Crippen LogP) is 4.08. The largest absolute Gasteiger partial charge is 0.497 e. The molecule has 5 rings (SSSR count). The number of anilines is 1. The molecular weight excluding hydrogens is 234 g/mol. The fraction of sp³-hybridized carbons (Fsp3) is 0.647. The maximum atomic E-state index is 5.24. The van der Waals surface area contributed by atoms with E-state index in [1.165, 1.54) is 44.2 Å². The normalized spacial score (nSPS) is 39.3. The molecule has 0 atom stereocenters. The molecule has 2 nitrogen and oxygen atoms in total. The Labute approximate surface area is 115 Å². The lowest BCUT2D eigenvalue weighted by Crippen LogP contribution is -2.54. The van der Waals surface area contributed by atoms with Gasteiger partial charge < -0.3 is 10.1 Å². The number of benzene rings is 1. The van der Waals surface area contributed by atoms with Gasteiger partial charge in [-0.05, 0) is 80.5 Å². The van der Waals surface area contributed by atoms with Crippen LogP contribution in [0.1, 0.15) is 38.5 Å². The van der Waals surface area contributed by atoms with Gasteiger partial charge in [0.05, 0.1) is 7.11 Å². The highest BCUT2D eigenvalue weighted by molar-refractivity contribution is 5.49. The fourth-order valence-corrected chi connectivity index (χ4v) is 5.24. The minimum absolute atomic E-state index is 0.406. The smallest absolute Gasteiger partial charge is 0.119 e. The van der Waals surface area contributed by atoms with Crippen LogP contribution >= 0.6 is 0 Å². The topological polar surface area (TPSA) is 21.3 Å². The summed E-state index contributed by atoms with van der Waals surface area (Å²) >= 11 is 0. The van der Waals surface area contributed by atoms with Gasteiger partial charge in [0.1, 0.15) is 5.75 Å². The number of hydrogen-bond acceptors (Lipinski definition) is 2. The molecule has 4 aliphatic carbocycles. The number of nitrogens with one attached hydrogen (secondary N) is 1. The van der Waals surface area contributed by atoms with E-state index in [0.29, 0.717) is 5.54 Å². The van der Waals surface area contributed by atoms with Gasteiger partial charge in [0.2, 0.25) is 0 Å². The molecule has 2 heteroatoms. The van der Waals surface area contributed by atoms with Crippen LogP contribution in [0.4, 0.5) is 5.69 Å². The Kier molecular flexibility index (Phi) is 2.54. The summed E-state index contributed by atoms with van der Waals surface area (Å²) in [5.41, 5.74) is 1.67. The molecule has 1 N–H and O–H groups in total. The lowest BCUT2D eigenvalue weighted by molar-refractivity contribution is 0.0107. The van der Waals surface area contributed by atoms with Gasteiger partial charge in [-0.3, -0.25) is 0 Å². The van der Waals surface area contributed by atoms with Crippen LogP contribution in [-0.2, 0) is 0 Å². The Morgan fingerprint density at radius 3 is 1.95 bits per heavy atom. The van der Waals surface area contributed by atoms with Crippen LogP contribution in [0.3, 0.4) is 0 Å². The SMILES string of the molecule is COc1ccc(NC23CC4CC(CC(C4)C2)C3)cc1. The average Bonchev–Trinajstić information content (AvgIpc) is 2.37. The summed E-state index contributed by atoms with van der Waals surface area (Å²) in [6, 6.07) is 8.44. The number of hydrogen-bond donors (Lipinski definition) is 1. The third-order valence-electron chi connectivity index (χ3n) is 5.54. The first kappa shape index (κ1) is 11.6. The highest BCUT2D eigenvalue weighted by Gasteiger charge is 2.50. The molecule has 19 heavy (non-hydrogen) atoms. The molecule has 0 radical (unpaired) electrons. The summed E-state index contributed by atoms with van der Waals surface area (Å²) in [5, 5.41) is 3.88. The maximum Gasteiger partial charge on any atom is 0.119 e. The second-order valence-corrected chi connectivity index (χ2v) is 7.05. The van der Waals surface area contributed by atoms with E-state index in [1.807, 2.05) is 0 Å². The van der Waals surface area contributed by atoms with Crippen LogP contribution in [-0.4, -0.2) is 12.6 Å². The summed E-state index contributed by atoms with van der Waals surface area (Å²) in [7, 11) is 1.72. The zero-order valence-electron chi connectivity index (χ0n) is 11.7. The van der Waals surface area contributed by atoms with Crippen LogP contribution in [0.5, 0.6) is 5.75 Å². The van der Waals surface area contributed by atoms with Gasteiger partial charge in [-0.25, -0.2) is 0 Å². The molecule has 0 unspecified atom stereocenters. The van der Waals surface area contributed by atoms with Crippen molar-refractivity contribution in [2.75, 3.05) is 12.4 Å². The molecule has 4 bridgehead atoms. The molecule has 4 saturated carbocycles. The van der Waals surface area contributed by atoms with Gasteiger partial charge in [0.25, 0.3) is 0 Å². The molecule has 0 spiro atoms. The fourth-order valence-electron chi connectivity index (χ4n) is 5.24. The van der Waals surface area contributed by atoms with Gasteiger partial charge in [-0.1, -0.05) is 0 Å². The standard InChI is InChI=1S/C17H23NO/c1-19-16-4-2-15(3-5-16)18-17-9-12-6-13(10-17)8-14(7-12)11-17/h2-5,12-14,18H,6-11H2,1H3. The predicted molar refractivity (Wildman–Crippen MR) is 77.5 cm³/mol. The Balaban J connectivity index is 1.55. The summed E-state index contributed by atoms with van der Waals surface area (Å²) < 4.78 is 5.24. The molecule has 0 saturated heterocycles. The van der Waals surface area contributed by atoms with Crippen molar-refractivity contribution in [3.8, 4) is 5.75 Å². The average molecular weight is 257 g/mol. The molecule has 102 valence electrons. The quantitative estimate of drug-likeness (QED) is 0.881. The van der Waals surface area contributed by atoms with Gasteiger partial charge >= 0.3 is 0 Å². The van der Waals surface area contributed by atoms with Crippen molar-refractivity contribution in [3.63, 3.8) is 0 Å². The minimum Gasteiger partial charge on any atom is -0.497 e. The number of ether oxygens (including phenoxy) is 1. The summed E-state index contributed by atoms with van der Waals surface area (Å²) in [5.74, 6) is 3.93. The van der Waals surface area contributed by atoms with Crippen molar-refractivity contribution in [1.29, 1.82) is 0 Å². The Bertz CT molecular complexity index is 429. The van der Waals surface area contributed by atoms with Crippen LogP contribution in [0.2, 0.25) is 0 Å². The third-order valence-corrected chi connectivity index (χ3v) is 5.54. The zero-order valence-corrected chi connectivity index (χ0v) is 11.7. The van der Waals surface area contributed by atoms with E-state index in [9.17, 15) is 0 Å². The van der Waals surface area contributed by atoms with E-state index in [2.05, 4.69) is 29.6 Å². The van der Waals surface area contributed by atoms with Crippen molar-refractivity contribution >= 4 is 5.69 Å². The van der Waals surface area contributed by atoms with Gasteiger partial charge in [0.15, 0.2) is 0 Å². The second kappa shape index (κ2) is 4.16. The van der Waals surface area contributed by atoms with E-state index < -0.39 is 0 Å². The van der Waals surface area contributed by atoms with E-state index in [1.54, 1.807) is 7.11 Å². The first-order valence-corrected chi connectivity index (χ1v) is 7.67. The minimum atomic E-state index is 0.406. The molecule has 4 aliphatic rings. The molecule has 4 fully saturated rings. The van der Waals surface area contributed by atoms with Gasteiger partial charge in [-0.15, -0.1) is 0 Å². The van der Waals surface area contributed by atoms with Crippen molar-refractivity contribution in [2.24, 2.45) is 17.8 Å². The van der Waals surface area contributed by atoms with Crippen LogP contribution in [0.25, 0.3) is 0 Å². The number of methoxy groups -OCH3 is 1. The second-order valence-electron chi connectivity index (χ2n) is 7.05. The Hall–Kier alpha value is -1.18. The van der Waals surface area contributed by atoms with Crippen LogP contribution in [0, 0.1) is 17.8 Å². The zero-order chi connectivity index (χ0) is 12.9. The molecule has 1 aromatic carbocycles. The maximum absolute atomic E-state index is 5.24. The molecule has 0 aliphatic heterocycles. The molecular formula is C17H23NO. The van der Waals surface area contributed by atoms with Crippen molar-refractivity contribution in [2.45, 2.75) is 44.1 Å². The summed E-state index contributed by atoms with van der Waals surface area (Å²) in [6.45, 7) is 0. The first-order chi connectivity index (χ1) is 9.25. The molecule has 1 aromatic rings. The molecule has 0 amide bonds.